The third-order valence-corrected chi connectivity index (χ3v) is 3.15. The van der Waals surface area contributed by atoms with Crippen LogP contribution in [0.25, 0.3) is 0 Å². The van der Waals surface area contributed by atoms with E-state index in [0.717, 1.165) is 4.90 Å². The molecule has 4 heteroatoms. The second-order valence-corrected chi connectivity index (χ2v) is 4.57. The molecule has 1 aromatic carbocycles. The van der Waals surface area contributed by atoms with E-state index in [0.29, 0.717) is 11.7 Å². The van der Waals surface area contributed by atoms with Gasteiger partial charge in [0.1, 0.15) is 0 Å². The molecule has 0 aliphatic rings. The molecule has 1 amide bonds. The molecule has 0 saturated carbocycles. The number of rotatable bonds is 4. The first-order chi connectivity index (χ1) is 7.15. The lowest BCUT2D eigenvalue weighted by molar-refractivity contribution is -0.118. The van der Waals surface area contributed by atoms with Crippen LogP contribution < -0.4 is 11.3 Å². The van der Waals surface area contributed by atoms with E-state index in [2.05, 4.69) is 25.3 Å². The molecule has 0 heterocycles. The lowest BCUT2D eigenvalue weighted by Gasteiger charge is -2.11. The Bertz CT molecular complexity index is 339. The number of nitrogens with two attached hydrogens (primary N) is 1. The summed E-state index contributed by atoms with van der Waals surface area (Å²) in [6.45, 7) is 4.28. The van der Waals surface area contributed by atoms with Gasteiger partial charge in [-0.1, -0.05) is 32.0 Å². The normalized spacial score (nSPS) is 10.4. The molecule has 0 aliphatic carbocycles. The molecule has 1 aromatic rings. The molecule has 0 atom stereocenters. The minimum Gasteiger partial charge on any atom is -0.294 e. The van der Waals surface area contributed by atoms with Crippen molar-refractivity contribution in [2.75, 3.05) is 5.75 Å². The first kappa shape index (κ1) is 12.1. The van der Waals surface area contributed by atoms with E-state index < -0.39 is 0 Å². The third kappa shape index (κ3) is 3.57. The number of amides is 1. The largest absolute Gasteiger partial charge is 0.294 e. The van der Waals surface area contributed by atoms with Gasteiger partial charge in [-0.15, -0.1) is 11.8 Å². The van der Waals surface area contributed by atoms with Crippen LogP contribution in [0.3, 0.4) is 0 Å². The van der Waals surface area contributed by atoms with Crippen LogP contribution in [-0.2, 0) is 4.79 Å². The number of carbonyl (C=O) groups excluding carboxylic acids is 1. The molecular formula is C11H16N2OS. The zero-order chi connectivity index (χ0) is 11.3. The second kappa shape index (κ2) is 5.78. The molecular weight excluding hydrogens is 208 g/mol. The molecule has 0 aromatic heterocycles. The summed E-state index contributed by atoms with van der Waals surface area (Å²) >= 11 is 1.52. The van der Waals surface area contributed by atoms with E-state index in [1.54, 1.807) is 0 Å². The quantitative estimate of drug-likeness (QED) is 0.355. The maximum atomic E-state index is 11.0. The molecule has 82 valence electrons. The van der Waals surface area contributed by atoms with E-state index >= 15 is 0 Å². The highest BCUT2D eigenvalue weighted by molar-refractivity contribution is 8.00. The number of hydrogen-bond donors (Lipinski definition) is 2. The van der Waals surface area contributed by atoms with Crippen LogP contribution in [0.5, 0.6) is 0 Å². The fourth-order valence-corrected chi connectivity index (χ4v) is 2.29. The van der Waals surface area contributed by atoms with Crippen molar-refractivity contribution in [1.82, 2.24) is 5.43 Å². The van der Waals surface area contributed by atoms with Crippen molar-refractivity contribution >= 4 is 17.7 Å². The summed E-state index contributed by atoms with van der Waals surface area (Å²) in [5.41, 5.74) is 3.39. The zero-order valence-electron chi connectivity index (χ0n) is 8.99. The van der Waals surface area contributed by atoms with E-state index in [-0.39, 0.29) is 5.91 Å². The molecule has 0 saturated heterocycles. The van der Waals surface area contributed by atoms with Gasteiger partial charge in [0.25, 0.3) is 0 Å². The zero-order valence-corrected chi connectivity index (χ0v) is 9.80. The SMILES string of the molecule is CC(C)c1ccccc1SCC(=O)NN. The van der Waals surface area contributed by atoms with Crippen LogP contribution in [0.4, 0.5) is 0 Å². The Morgan fingerprint density at radius 1 is 1.47 bits per heavy atom. The summed E-state index contributed by atoms with van der Waals surface area (Å²) in [4.78, 5) is 12.2. The summed E-state index contributed by atoms with van der Waals surface area (Å²) < 4.78 is 0. The van der Waals surface area contributed by atoms with Gasteiger partial charge in [-0.05, 0) is 17.5 Å². The Morgan fingerprint density at radius 2 is 2.13 bits per heavy atom. The summed E-state index contributed by atoms with van der Waals surface area (Å²) in [5, 5.41) is 0. The lowest BCUT2D eigenvalue weighted by Crippen LogP contribution is -2.31. The second-order valence-electron chi connectivity index (χ2n) is 3.55. The molecule has 0 fully saturated rings. The topological polar surface area (TPSA) is 55.1 Å². The van der Waals surface area contributed by atoms with Crippen LogP contribution in [0.1, 0.15) is 25.3 Å². The van der Waals surface area contributed by atoms with Crippen LogP contribution in [0.2, 0.25) is 0 Å². The van der Waals surface area contributed by atoms with Crippen LogP contribution in [0, 0.1) is 0 Å². The first-order valence-corrected chi connectivity index (χ1v) is 5.85. The number of benzene rings is 1. The maximum Gasteiger partial charge on any atom is 0.244 e. The molecule has 3 nitrogen and oxygen atoms in total. The van der Waals surface area contributed by atoms with Gasteiger partial charge in [-0.2, -0.15) is 0 Å². The average Bonchev–Trinajstić information content (AvgIpc) is 2.26. The highest BCUT2D eigenvalue weighted by Crippen LogP contribution is 2.27. The Balaban J connectivity index is 2.71. The minimum absolute atomic E-state index is 0.154. The van der Waals surface area contributed by atoms with Crippen molar-refractivity contribution in [3.63, 3.8) is 0 Å². The molecule has 0 unspecified atom stereocenters. The smallest absolute Gasteiger partial charge is 0.244 e. The standard InChI is InChI=1S/C11H16N2OS/c1-8(2)9-5-3-4-6-10(9)15-7-11(14)13-12/h3-6,8H,7,12H2,1-2H3,(H,13,14). The molecule has 1 rings (SSSR count). The van der Waals surface area contributed by atoms with Crippen molar-refractivity contribution in [1.29, 1.82) is 0 Å². The van der Waals surface area contributed by atoms with Gasteiger partial charge < -0.3 is 0 Å². The van der Waals surface area contributed by atoms with E-state index in [1.807, 2.05) is 18.2 Å². The molecule has 0 aliphatic heterocycles. The summed E-state index contributed by atoms with van der Waals surface area (Å²) in [7, 11) is 0. The summed E-state index contributed by atoms with van der Waals surface area (Å²) in [6, 6.07) is 8.12. The highest BCUT2D eigenvalue weighted by atomic mass is 32.2. The highest BCUT2D eigenvalue weighted by Gasteiger charge is 2.07. The summed E-state index contributed by atoms with van der Waals surface area (Å²) in [5.74, 6) is 5.70. The molecule has 3 N–H and O–H groups in total. The van der Waals surface area contributed by atoms with Gasteiger partial charge in [0.2, 0.25) is 5.91 Å². The predicted octanol–water partition coefficient (Wildman–Crippen LogP) is 1.89. The monoisotopic (exact) mass is 224 g/mol. The van der Waals surface area contributed by atoms with Gasteiger partial charge >= 0.3 is 0 Å². The Labute approximate surface area is 94.4 Å². The van der Waals surface area contributed by atoms with Gasteiger partial charge in [-0.25, -0.2) is 5.84 Å². The van der Waals surface area contributed by atoms with Crippen molar-refractivity contribution in [3.8, 4) is 0 Å². The van der Waals surface area contributed by atoms with Gasteiger partial charge in [-0.3, -0.25) is 10.2 Å². The van der Waals surface area contributed by atoms with Crippen LogP contribution in [0.15, 0.2) is 29.2 Å². The fraction of sp³-hybridized carbons (Fsp3) is 0.364. The number of carbonyl (C=O) groups is 1. The number of hydrogen-bond acceptors (Lipinski definition) is 3. The van der Waals surface area contributed by atoms with E-state index in [9.17, 15) is 4.79 Å². The predicted molar refractivity (Wildman–Crippen MR) is 63.6 cm³/mol. The maximum absolute atomic E-state index is 11.0. The average molecular weight is 224 g/mol. The Morgan fingerprint density at radius 3 is 2.73 bits per heavy atom. The van der Waals surface area contributed by atoms with Gasteiger partial charge in [0.15, 0.2) is 0 Å². The molecule has 0 spiro atoms. The van der Waals surface area contributed by atoms with E-state index in [1.165, 1.54) is 17.3 Å². The van der Waals surface area contributed by atoms with Gasteiger partial charge in [0, 0.05) is 4.90 Å². The van der Waals surface area contributed by atoms with E-state index in [4.69, 9.17) is 5.84 Å². The lowest BCUT2D eigenvalue weighted by atomic mass is 10.0. The van der Waals surface area contributed by atoms with Crippen LogP contribution >= 0.6 is 11.8 Å². The third-order valence-electron chi connectivity index (χ3n) is 2.06. The van der Waals surface area contributed by atoms with Gasteiger partial charge in [0.05, 0.1) is 5.75 Å². The van der Waals surface area contributed by atoms with Crippen molar-refractivity contribution < 1.29 is 4.79 Å². The van der Waals surface area contributed by atoms with Crippen molar-refractivity contribution in [2.24, 2.45) is 5.84 Å². The van der Waals surface area contributed by atoms with Crippen LogP contribution in [-0.4, -0.2) is 11.7 Å². The first-order valence-electron chi connectivity index (χ1n) is 4.86. The number of hydrazine groups is 1. The molecule has 0 radical (unpaired) electrons. The Hall–Kier alpha value is -1.00. The number of thioether (sulfide) groups is 1. The fourth-order valence-electron chi connectivity index (χ4n) is 1.27. The Kier molecular flexibility index (Phi) is 4.65. The van der Waals surface area contributed by atoms with Crippen molar-refractivity contribution in [3.05, 3.63) is 29.8 Å². The molecule has 15 heavy (non-hydrogen) atoms. The summed E-state index contributed by atoms with van der Waals surface area (Å²) in [6.07, 6.45) is 0. The molecule has 0 bridgehead atoms. The minimum atomic E-state index is -0.154. The van der Waals surface area contributed by atoms with Crippen molar-refractivity contribution in [2.45, 2.75) is 24.7 Å². The number of nitrogens with one attached hydrogen (secondary N) is 1.